The Morgan fingerprint density at radius 3 is 2.67 bits per heavy atom. The van der Waals surface area contributed by atoms with Crippen molar-refractivity contribution in [3.63, 3.8) is 0 Å². The highest BCUT2D eigenvalue weighted by Gasteiger charge is 2.31. The molecule has 3 rings (SSSR count). The van der Waals surface area contributed by atoms with Crippen molar-refractivity contribution in [1.82, 2.24) is 9.88 Å². The van der Waals surface area contributed by atoms with Crippen LogP contribution < -0.4 is 9.46 Å². The summed E-state index contributed by atoms with van der Waals surface area (Å²) < 4.78 is 73.4. The molecule has 2 heterocycles. The van der Waals surface area contributed by atoms with E-state index in [0.717, 1.165) is 29.5 Å². The molecule has 1 amide bonds. The van der Waals surface area contributed by atoms with Crippen LogP contribution in [0.15, 0.2) is 28.5 Å². The molecule has 1 aliphatic heterocycles. The highest BCUT2D eigenvalue weighted by Crippen LogP contribution is 2.28. The molecule has 13 heteroatoms. The normalized spacial score (nSPS) is 15.1. The molecule has 1 fully saturated rings. The minimum atomic E-state index is -4.87. The summed E-state index contributed by atoms with van der Waals surface area (Å²) in [5, 5.41) is 1.62. The first-order valence-corrected chi connectivity index (χ1v) is 11.1. The molecule has 0 bridgehead atoms. The van der Waals surface area contributed by atoms with E-state index in [4.69, 9.17) is 4.74 Å². The van der Waals surface area contributed by atoms with E-state index in [1.807, 2.05) is 0 Å². The van der Waals surface area contributed by atoms with Gasteiger partial charge in [0.05, 0.1) is 30.2 Å². The van der Waals surface area contributed by atoms with Gasteiger partial charge in [0.1, 0.15) is 5.75 Å². The third-order valence-electron chi connectivity index (χ3n) is 4.14. The number of amides is 1. The molecule has 1 aromatic heterocycles. The third kappa shape index (κ3) is 5.83. The SMILES string of the molecule is Cc1cc(OC(F)(F)F)ccc1S(=O)(=O)Nc1nc(CC(=O)N2CCOCC2)cs1. The molecule has 8 nitrogen and oxygen atoms in total. The number of halogens is 3. The molecule has 30 heavy (non-hydrogen) atoms. The number of aromatic nitrogens is 1. The first kappa shape index (κ1) is 22.3. The van der Waals surface area contributed by atoms with Crippen molar-refractivity contribution in [2.45, 2.75) is 24.6 Å². The number of aryl methyl sites for hydroxylation is 1. The quantitative estimate of drug-likeness (QED) is 0.704. The number of thiazole rings is 1. The fraction of sp³-hybridized carbons (Fsp3) is 0.412. The van der Waals surface area contributed by atoms with Crippen molar-refractivity contribution in [1.29, 1.82) is 0 Å². The van der Waals surface area contributed by atoms with Crippen LogP contribution in [0, 0.1) is 6.92 Å². The topological polar surface area (TPSA) is 97.8 Å². The Morgan fingerprint density at radius 2 is 2.03 bits per heavy atom. The summed E-state index contributed by atoms with van der Waals surface area (Å²) in [5.74, 6) is -0.647. The molecule has 0 radical (unpaired) electrons. The minimum Gasteiger partial charge on any atom is -0.406 e. The van der Waals surface area contributed by atoms with Gasteiger partial charge in [0.15, 0.2) is 5.13 Å². The lowest BCUT2D eigenvalue weighted by molar-refractivity contribution is -0.274. The highest BCUT2D eigenvalue weighted by atomic mass is 32.2. The van der Waals surface area contributed by atoms with E-state index in [1.165, 1.54) is 6.92 Å². The lowest BCUT2D eigenvalue weighted by atomic mass is 10.2. The van der Waals surface area contributed by atoms with Gasteiger partial charge in [-0.25, -0.2) is 13.4 Å². The number of nitrogens with one attached hydrogen (secondary N) is 1. The van der Waals surface area contributed by atoms with Crippen molar-refractivity contribution in [3.8, 4) is 5.75 Å². The molecule has 164 valence electrons. The molecule has 1 aromatic carbocycles. The van der Waals surface area contributed by atoms with Gasteiger partial charge in [-0.15, -0.1) is 24.5 Å². The maximum atomic E-state index is 12.6. The van der Waals surface area contributed by atoms with Crippen LogP contribution in [0.25, 0.3) is 0 Å². The maximum absolute atomic E-state index is 12.6. The average Bonchev–Trinajstić information content (AvgIpc) is 3.06. The number of ether oxygens (including phenoxy) is 2. The Hall–Kier alpha value is -2.38. The summed E-state index contributed by atoms with van der Waals surface area (Å²) in [5.41, 5.74) is 0.489. The summed E-state index contributed by atoms with van der Waals surface area (Å²) in [6, 6.07) is 2.93. The van der Waals surface area contributed by atoms with Gasteiger partial charge in [0, 0.05) is 18.5 Å². The smallest absolute Gasteiger partial charge is 0.406 e. The second-order valence-electron chi connectivity index (χ2n) is 6.39. The number of hydrogen-bond donors (Lipinski definition) is 1. The Kier molecular flexibility index (Phi) is 6.53. The number of alkyl halides is 3. The van der Waals surface area contributed by atoms with Crippen LogP contribution in [0.5, 0.6) is 5.75 Å². The average molecular weight is 465 g/mol. The molecule has 2 aromatic rings. The predicted molar refractivity (Wildman–Crippen MR) is 102 cm³/mol. The molecule has 1 aliphatic rings. The number of hydrogen-bond acceptors (Lipinski definition) is 7. The number of sulfonamides is 1. The number of carbonyl (C=O) groups excluding carboxylic acids is 1. The van der Waals surface area contributed by atoms with E-state index >= 15 is 0 Å². The number of benzene rings is 1. The van der Waals surface area contributed by atoms with Gasteiger partial charge < -0.3 is 14.4 Å². The van der Waals surface area contributed by atoms with Gasteiger partial charge in [-0.2, -0.15) is 0 Å². The fourth-order valence-electron chi connectivity index (χ4n) is 2.80. The minimum absolute atomic E-state index is 0.0285. The summed E-state index contributed by atoms with van der Waals surface area (Å²) in [6.07, 6.45) is -4.85. The molecular weight excluding hydrogens is 447 g/mol. The number of carbonyl (C=O) groups is 1. The van der Waals surface area contributed by atoms with Gasteiger partial charge in [0.2, 0.25) is 5.91 Å². The summed E-state index contributed by atoms with van der Waals surface area (Å²) >= 11 is 1.01. The first-order chi connectivity index (χ1) is 14.0. The Bertz CT molecular complexity index is 1020. The molecule has 1 N–H and O–H groups in total. The van der Waals surface area contributed by atoms with Gasteiger partial charge >= 0.3 is 6.36 Å². The van der Waals surface area contributed by atoms with Crippen LogP contribution >= 0.6 is 11.3 Å². The molecule has 0 saturated carbocycles. The van der Waals surface area contributed by atoms with E-state index in [9.17, 15) is 26.4 Å². The van der Waals surface area contributed by atoms with Crippen molar-refractivity contribution in [3.05, 3.63) is 34.8 Å². The summed E-state index contributed by atoms with van der Waals surface area (Å²) in [4.78, 5) is 17.8. The second kappa shape index (κ2) is 8.78. The van der Waals surface area contributed by atoms with E-state index in [-0.39, 0.29) is 27.9 Å². The largest absolute Gasteiger partial charge is 0.573 e. The molecular formula is C17H18F3N3O5S2. The molecule has 0 unspecified atom stereocenters. The van der Waals surface area contributed by atoms with Crippen LogP contribution in [0.4, 0.5) is 18.3 Å². The zero-order chi connectivity index (χ0) is 21.9. The molecule has 0 aliphatic carbocycles. The van der Waals surface area contributed by atoms with Crippen molar-refractivity contribution >= 4 is 32.4 Å². The van der Waals surface area contributed by atoms with Gasteiger partial charge in [-0.05, 0) is 30.7 Å². The number of rotatable bonds is 6. The molecule has 0 atom stereocenters. The van der Waals surface area contributed by atoms with E-state index in [2.05, 4.69) is 14.4 Å². The Labute approximate surface area is 174 Å². The number of anilines is 1. The van der Waals surface area contributed by atoms with Crippen molar-refractivity contribution in [2.75, 3.05) is 31.0 Å². The lowest BCUT2D eigenvalue weighted by Gasteiger charge is -2.26. The van der Waals surface area contributed by atoms with E-state index < -0.39 is 22.1 Å². The first-order valence-electron chi connectivity index (χ1n) is 8.73. The van der Waals surface area contributed by atoms with Gasteiger partial charge in [-0.1, -0.05) is 0 Å². The van der Waals surface area contributed by atoms with Gasteiger partial charge in [0.25, 0.3) is 10.0 Å². The van der Waals surface area contributed by atoms with Crippen molar-refractivity contribution < 1.29 is 35.9 Å². The monoisotopic (exact) mass is 465 g/mol. The Morgan fingerprint density at radius 1 is 1.33 bits per heavy atom. The van der Waals surface area contributed by atoms with Gasteiger partial charge in [-0.3, -0.25) is 9.52 Å². The van der Waals surface area contributed by atoms with Crippen LogP contribution in [0.3, 0.4) is 0 Å². The molecule has 1 saturated heterocycles. The van der Waals surface area contributed by atoms with E-state index in [0.29, 0.717) is 32.0 Å². The predicted octanol–water partition coefficient (Wildman–Crippen LogP) is 2.55. The van der Waals surface area contributed by atoms with Crippen molar-refractivity contribution in [2.24, 2.45) is 0 Å². The van der Waals surface area contributed by atoms with Crippen LogP contribution in [-0.4, -0.2) is 56.9 Å². The number of morpholine rings is 1. The lowest BCUT2D eigenvalue weighted by Crippen LogP contribution is -2.41. The zero-order valence-electron chi connectivity index (χ0n) is 15.7. The molecule has 0 spiro atoms. The number of nitrogens with zero attached hydrogens (tertiary/aromatic N) is 2. The third-order valence-corrected chi connectivity index (χ3v) is 6.57. The second-order valence-corrected chi connectivity index (χ2v) is 8.90. The van der Waals surface area contributed by atoms with Crippen LogP contribution in [0.2, 0.25) is 0 Å². The van der Waals surface area contributed by atoms with Crippen LogP contribution in [0.1, 0.15) is 11.3 Å². The fourth-order valence-corrected chi connectivity index (χ4v) is 5.00. The summed E-state index contributed by atoms with van der Waals surface area (Å²) in [6.45, 7) is 3.29. The Balaban J connectivity index is 1.68. The van der Waals surface area contributed by atoms with Crippen LogP contribution in [-0.2, 0) is 26.0 Å². The van der Waals surface area contributed by atoms with E-state index in [1.54, 1.807) is 10.3 Å². The highest BCUT2D eigenvalue weighted by molar-refractivity contribution is 7.93. The zero-order valence-corrected chi connectivity index (χ0v) is 17.4. The standard InChI is InChI=1S/C17H18F3N3O5S2/c1-11-8-13(28-17(18,19)20)2-3-14(11)30(25,26)22-16-21-12(10-29-16)9-15(24)23-4-6-27-7-5-23/h2-3,8,10H,4-7,9H2,1H3,(H,21,22). The maximum Gasteiger partial charge on any atom is 0.573 e. The summed E-state index contributed by atoms with van der Waals surface area (Å²) in [7, 11) is -4.09.